The molecule has 0 aliphatic heterocycles. The van der Waals surface area contributed by atoms with Crippen molar-refractivity contribution >= 4 is 17.3 Å². The summed E-state index contributed by atoms with van der Waals surface area (Å²) < 4.78 is 12.9. The van der Waals surface area contributed by atoms with E-state index in [2.05, 4.69) is 5.32 Å². The predicted molar refractivity (Wildman–Crippen MR) is 77.9 cm³/mol. The van der Waals surface area contributed by atoms with Gasteiger partial charge in [-0.2, -0.15) is 0 Å². The number of aliphatic hydroxyl groups is 1. The molecule has 1 amide bonds. The molecule has 6 heteroatoms. The molecule has 0 saturated heterocycles. The molecule has 1 aromatic carbocycles. The number of nitrogens with one attached hydrogen (secondary N) is 1. The molecule has 0 fully saturated rings. The van der Waals surface area contributed by atoms with E-state index >= 15 is 0 Å². The van der Waals surface area contributed by atoms with Crippen molar-refractivity contribution < 1.29 is 14.3 Å². The second kappa shape index (κ2) is 8.50. The summed E-state index contributed by atoms with van der Waals surface area (Å²) in [4.78, 5) is 13.7. The van der Waals surface area contributed by atoms with E-state index in [9.17, 15) is 9.18 Å². The van der Waals surface area contributed by atoms with Crippen LogP contribution in [0.4, 0.5) is 15.8 Å². The summed E-state index contributed by atoms with van der Waals surface area (Å²) in [6.45, 7) is 1.23. The molecule has 0 unspecified atom stereocenters. The van der Waals surface area contributed by atoms with Crippen molar-refractivity contribution in [2.24, 2.45) is 0 Å². The molecule has 1 rings (SSSR count). The summed E-state index contributed by atoms with van der Waals surface area (Å²) in [6.07, 6.45) is 2.66. The third-order valence-corrected chi connectivity index (χ3v) is 2.90. The maximum absolute atomic E-state index is 12.9. The summed E-state index contributed by atoms with van der Waals surface area (Å²) in [5, 5.41) is 11.3. The number of amides is 1. The number of likely N-dealkylation sites (N-methyl/N-ethyl adjacent to an activating group) is 1. The Morgan fingerprint density at radius 1 is 1.40 bits per heavy atom. The monoisotopic (exact) mass is 283 g/mol. The van der Waals surface area contributed by atoms with Crippen LogP contribution in [0.15, 0.2) is 18.2 Å². The molecule has 0 aromatic heterocycles. The van der Waals surface area contributed by atoms with Crippen molar-refractivity contribution in [1.29, 1.82) is 0 Å². The largest absolute Gasteiger partial charge is 0.397 e. The van der Waals surface area contributed by atoms with Crippen LogP contribution in [0.2, 0.25) is 0 Å². The van der Waals surface area contributed by atoms with Gasteiger partial charge in [0.1, 0.15) is 5.82 Å². The molecule has 0 radical (unpaired) electrons. The molecule has 1 aromatic rings. The molecular formula is C14H22FN3O2. The number of nitrogen functional groups attached to an aromatic ring is 1. The molecule has 112 valence electrons. The van der Waals surface area contributed by atoms with Crippen LogP contribution in [0.1, 0.15) is 19.3 Å². The molecule has 0 aliphatic rings. The molecule has 0 bridgehead atoms. The number of rotatable bonds is 8. The van der Waals surface area contributed by atoms with Gasteiger partial charge in [0.15, 0.2) is 0 Å². The Labute approximate surface area is 118 Å². The van der Waals surface area contributed by atoms with E-state index in [1.165, 1.54) is 18.2 Å². The first kappa shape index (κ1) is 16.4. The Morgan fingerprint density at radius 2 is 2.15 bits per heavy atom. The highest BCUT2D eigenvalue weighted by atomic mass is 19.1. The lowest BCUT2D eigenvalue weighted by molar-refractivity contribution is -0.117. The zero-order valence-electron chi connectivity index (χ0n) is 11.7. The number of nitrogens with two attached hydrogens (primary N) is 1. The highest BCUT2D eigenvalue weighted by Gasteiger charge is 2.09. The minimum Gasteiger partial charge on any atom is -0.397 e. The number of anilines is 2. The van der Waals surface area contributed by atoms with Gasteiger partial charge in [0.25, 0.3) is 0 Å². The number of unbranched alkanes of at least 4 members (excludes halogenated alkanes) is 2. The van der Waals surface area contributed by atoms with Gasteiger partial charge in [-0.1, -0.05) is 0 Å². The maximum Gasteiger partial charge on any atom is 0.238 e. The quantitative estimate of drug-likeness (QED) is 0.498. The minimum atomic E-state index is -0.429. The highest BCUT2D eigenvalue weighted by molar-refractivity contribution is 5.95. The van der Waals surface area contributed by atoms with Gasteiger partial charge in [-0.25, -0.2) is 4.39 Å². The molecule has 4 N–H and O–H groups in total. The van der Waals surface area contributed by atoms with E-state index in [1.54, 1.807) is 0 Å². The molecule has 0 aliphatic carbocycles. The highest BCUT2D eigenvalue weighted by Crippen LogP contribution is 2.18. The number of benzene rings is 1. The van der Waals surface area contributed by atoms with Crippen LogP contribution >= 0.6 is 0 Å². The standard InChI is InChI=1S/C14H22FN3O2/c1-18(7-3-2-4-8-19)10-14(20)17-13-6-5-11(15)9-12(13)16/h5-6,9,19H,2-4,7-8,10,16H2,1H3,(H,17,20). The Morgan fingerprint density at radius 3 is 2.80 bits per heavy atom. The van der Waals surface area contributed by atoms with Crippen molar-refractivity contribution in [1.82, 2.24) is 4.90 Å². The average molecular weight is 283 g/mol. The van der Waals surface area contributed by atoms with Gasteiger partial charge in [0.05, 0.1) is 17.9 Å². The molecule has 0 atom stereocenters. The van der Waals surface area contributed by atoms with Crippen molar-refractivity contribution in [2.75, 3.05) is 37.8 Å². The third-order valence-electron chi connectivity index (χ3n) is 2.90. The van der Waals surface area contributed by atoms with E-state index in [-0.39, 0.29) is 24.7 Å². The van der Waals surface area contributed by atoms with Crippen molar-refractivity contribution in [3.05, 3.63) is 24.0 Å². The fraction of sp³-hybridized carbons (Fsp3) is 0.500. The van der Waals surface area contributed by atoms with E-state index in [4.69, 9.17) is 10.8 Å². The Balaban J connectivity index is 2.35. The average Bonchev–Trinajstić information content (AvgIpc) is 2.38. The lowest BCUT2D eigenvalue weighted by atomic mass is 10.2. The summed E-state index contributed by atoms with van der Waals surface area (Å²) >= 11 is 0. The second-order valence-electron chi connectivity index (χ2n) is 4.80. The van der Waals surface area contributed by atoms with Crippen LogP contribution in [0.25, 0.3) is 0 Å². The van der Waals surface area contributed by atoms with Crippen LogP contribution in [0, 0.1) is 5.82 Å². The molecule has 5 nitrogen and oxygen atoms in total. The first-order valence-corrected chi connectivity index (χ1v) is 6.67. The molecule has 0 saturated carbocycles. The van der Waals surface area contributed by atoms with Crippen LogP contribution in [0.3, 0.4) is 0 Å². The SMILES string of the molecule is CN(CCCCCO)CC(=O)Nc1ccc(F)cc1N. The second-order valence-corrected chi connectivity index (χ2v) is 4.80. The van der Waals surface area contributed by atoms with Crippen molar-refractivity contribution in [3.8, 4) is 0 Å². The Kier molecular flexibility index (Phi) is 6.97. The lowest BCUT2D eigenvalue weighted by Crippen LogP contribution is -2.31. The zero-order valence-corrected chi connectivity index (χ0v) is 11.7. The smallest absolute Gasteiger partial charge is 0.238 e. The Bertz CT molecular complexity index is 440. The van der Waals surface area contributed by atoms with Gasteiger partial charge in [0.2, 0.25) is 5.91 Å². The number of hydrogen-bond acceptors (Lipinski definition) is 4. The zero-order chi connectivity index (χ0) is 15.0. The van der Waals surface area contributed by atoms with E-state index in [0.717, 1.165) is 25.8 Å². The Hall–Kier alpha value is -1.66. The van der Waals surface area contributed by atoms with E-state index < -0.39 is 5.82 Å². The predicted octanol–water partition coefficient (Wildman–Crippen LogP) is 1.44. The van der Waals surface area contributed by atoms with Gasteiger partial charge in [0, 0.05) is 6.61 Å². The summed E-state index contributed by atoms with van der Waals surface area (Å²) in [7, 11) is 1.85. The van der Waals surface area contributed by atoms with Crippen molar-refractivity contribution in [3.63, 3.8) is 0 Å². The number of halogens is 1. The van der Waals surface area contributed by atoms with E-state index in [1.807, 2.05) is 11.9 Å². The molecule has 0 spiro atoms. The number of hydrogen-bond donors (Lipinski definition) is 3. The molecular weight excluding hydrogens is 261 g/mol. The normalized spacial score (nSPS) is 10.8. The first-order chi connectivity index (χ1) is 9.52. The van der Waals surface area contributed by atoms with Crippen LogP contribution < -0.4 is 11.1 Å². The van der Waals surface area contributed by atoms with Crippen LogP contribution in [-0.4, -0.2) is 42.7 Å². The van der Waals surface area contributed by atoms with Gasteiger partial charge in [-0.05, 0) is 51.1 Å². The van der Waals surface area contributed by atoms with Gasteiger partial charge in [-0.15, -0.1) is 0 Å². The van der Waals surface area contributed by atoms with Crippen LogP contribution in [0.5, 0.6) is 0 Å². The van der Waals surface area contributed by atoms with Gasteiger partial charge in [-0.3, -0.25) is 9.69 Å². The third kappa shape index (κ3) is 5.99. The number of aliphatic hydroxyl groups excluding tert-OH is 1. The topological polar surface area (TPSA) is 78.6 Å². The van der Waals surface area contributed by atoms with Gasteiger partial charge < -0.3 is 16.2 Å². The van der Waals surface area contributed by atoms with Crippen LogP contribution in [-0.2, 0) is 4.79 Å². The fourth-order valence-corrected chi connectivity index (χ4v) is 1.83. The number of carbonyl (C=O) groups is 1. The van der Waals surface area contributed by atoms with Crippen molar-refractivity contribution in [2.45, 2.75) is 19.3 Å². The summed E-state index contributed by atoms with van der Waals surface area (Å²) in [5.41, 5.74) is 6.26. The lowest BCUT2D eigenvalue weighted by Gasteiger charge is -2.16. The maximum atomic E-state index is 12.9. The summed E-state index contributed by atoms with van der Waals surface area (Å²) in [5.74, 6) is -0.616. The number of nitrogens with zero attached hydrogens (tertiary/aromatic N) is 1. The first-order valence-electron chi connectivity index (χ1n) is 6.67. The van der Waals surface area contributed by atoms with Gasteiger partial charge >= 0.3 is 0 Å². The summed E-state index contributed by atoms with van der Waals surface area (Å²) in [6, 6.07) is 3.88. The molecule has 0 heterocycles. The van der Waals surface area contributed by atoms with E-state index in [0.29, 0.717) is 5.69 Å². The molecule has 20 heavy (non-hydrogen) atoms. The minimum absolute atomic E-state index is 0.187. The fourth-order valence-electron chi connectivity index (χ4n) is 1.83. The number of carbonyl (C=O) groups excluding carboxylic acids is 1.